The Kier molecular flexibility index (Phi) is 5.97. The number of carbonyl (C=O) groups excluding carboxylic acids is 1. The summed E-state index contributed by atoms with van der Waals surface area (Å²) in [4.78, 5) is 10.3. The molecule has 0 rings (SSSR count). The number of carbonyl (C=O) groups is 1. The van der Waals surface area contributed by atoms with Gasteiger partial charge in [0, 0.05) is 0 Å². The molecule has 0 aliphatic carbocycles. The summed E-state index contributed by atoms with van der Waals surface area (Å²) in [6.07, 6.45) is 0. The van der Waals surface area contributed by atoms with Gasteiger partial charge >= 0.3 is 87.1 Å². The number of halogens is 2. The van der Waals surface area contributed by atoms with Crippen LogP contribution in [0.2, 0.25) is 0 Å². The van der Waals surface area contributed by atoms with Crippen molar-refractivity contribution < 1.29 is 34.0 Å². The van der Waals surface area contributed by atoms with Crippen molar-refractivity contribution in [2.45, 2.75) is 1.93 Å². The van der Waals surface area contributed by atoms with Gasteiger partial charge in [-0.15, -0.1) is 0 Å². The van der Waals surface area contributed by atoms with Crippen molar-refractivity contribution in [3.8, 4) is 0 Å². The van der Waals surface area contributed by atoms with Crippen molar-refractivity contribution in [1.82, 2.24) is 0 Å². The monoisotopic (exact) mass is 513 g/mol. The third-order valence-electron chi connectivity index (χ3n) is 0.320. The summed E-state index contributed by atoms with van der Waals surface area (Å²) in [5.41, 5.74) is 0. The minimum atomic E-state index is -0.0930. The van der Waals surface area contributed by atoms with Crippen LogP contribution in [0.1, 0.15) is 0 Å². The average Bonchev–Trinajstić information content (AvgIpc) is 1.65. The summed E-state index contributed by atoms with van der Waals surface area (Å²) < 4.78 is 4.55. The van der Waals surface area contributed by atoms with Gasteiger partial charge in [-0.2, -0.15) is 0 Å². The molecule has 0 unspecified atom stereocenters. The Hall–Kier alpha value is 1.87. The molecule has 0 fully saturated rings. The molecule has 0 N–H and O–H groups in total. The Bertz CT molecular complexity index is 74.1. The molecule has 0 aromatic heterocycles. The maximum atomic E-state index is 10.3. The SMILES string of the molecule is O=C([O][Hg])C(I)I. The zero-order valence-corrected chi connectivity index (χ0v) is 13.2. The molecule has 2 nitrogen and oxygen atoms in total. The van der Waals surface area contributed by atoms with E-state index in [0.717, 1.165) is 0 Å². The summed E-state index contributed by atoms with van der Waals surface area (Å²) in [6.45, 7) is 0. The van der Waals surface area contributed by atoms with Gasteiger partial charge in [0.2, 0.25) is 0 Å². The van der Waals surface area contributed by atoms with Crippen LogP contribution < -0.4 is 0 Å². The summed E-state index contributed by atoms with van der Waals surface area (Å²) in [5, 5.41) is 0. The molecule has 0 amide bonds. The van der Waals surface area contributed by atoms with Crippen LogP contribution in [0.5, 0.6) is 0 Å². The Morgan fingerprint density at radius 3 is 2.14 bits per heavy atom. The second-order valence-electron chi connectivity index (χ2n) is 0.764. The number of hydrogen-bond acceptors (Lipinski definition) is 2. The van der Waals surface area contributed by atoms with Crippen LogP contribution in [0.15, 0.2) is 0 Å². The van der Waals surface area contributed by atoms with Crippen LogP contribution in [-0.4, -0.2) is 7.90 Å². The maximum absolute atomic E-state index is 10.3. The molecule has 0 saturated carbocycles. The third-order valence-corrected chi connectivity index (χ3v) is 2.44. The van der Waals surface area contributed by atoms with E-state index in [2.05, 4.69) is 2.64 Å². The first kappa shape index (κ1) is 8.87. The van der Waals surface area contributed by atoms with E-state index in [-0.39, 0.29) is 34.5 Å². The van der Waals surface area contributed by atoms with Crippen LogP contribution in [-0.2, 0) is 34.0 Å². The van der Waals surface area contributed by atoms with Gasteiger partial charge in [-0.05, 0) is 0 Å². The normalized spacial score (nSPS) is 9.29. The van der Waals surface area contributed by atoms with Crippen molar-refractivity contribution in [1.29, 1.82) is 0 Å². The van der Waals surface area contributed by atoms with E-state index in [1.54, 1.807) is 0 Å². The van der Waals surface area contributed by atoms with E-state index in [4.69, 9.17) is 0 Å². The fraction of sp³-hybridized carbons (Fsp3) is 0.500. The van der Waals surface area contributed by atoms with Crippen LogP contribution in [0, 0.1) is 0 Å². The first-order valence-corrected chi connectivity index (χ1v) is 6.16. The van der Waals surface area contributed by atoms with E-state index in [9.17, 15) is 4.79 Å². The van der Waals surface area contributed by atoms with Crippen LogP contribution in [0.25, 0.3) is 0 Å². The summed E-state index contributed by atoms with van der Waals surface area (Å²) in [6, 6.07) is 0. The van der Waals surface area contributed by atoms with Crippen LogP contribution in [0.3, 0.4) is 0 Å². The molecule has 0 radical (unpaired) electrons. The number of rotatable bonds is 1. The quantitative estimate of drug-likeness (QED) is 0.301. The summed E-state index contributed by atoms with van der Waals surface area (Å²) in [7, 11) is 0. The molecular weight excluding hydrogens is 510 g/mol. The molecule has 5 heteroatoms. The summed E-state index contributed by atoms with van der Waals surface area (Å²) in [5.74, 6) is -0.0930. The van der Waals surface area contributed by atoms with Gasteiger partial charge in [0.1, 0.15) is 0 Å². The topological polar surface area (TPSA) is 26.3 Å². The Morgan fingerprint density at radius 2 is 2.14 bits per heavy atom. The molecule has 37 valence electrons. The molecule has 0 saturated heterocycles. The molecule has 0 bridgehead atoms. The average molecular weight is 511 g/mol. The molecule has 0 aromatic rings. The predicted molar refractivity (Wildman–Crippen MR) is 37.9 cm³/mol. The Labute approximate surface area is 85.7 Å². The van der Waals surface area contributed by atoms with Crippen molar-refractivity contribution in [3.63, 3.8) is 0 Å². The molecule has 0 aromatic carbocycles. The first-order chi connectivity index (χ1) is 3.18. The van der Waals surface area contributed by atoms with Crippen molar-refractivity contribution >= 4 is 51.2 Å². The van der Waals surface area contributed by atoms with Crippen LogP contribution in [0.4, 0.5) is 0 Å². The van der Waals surface area contributed by atoms with Crippen molar-refractivity contribution in [2.75, 3.05) is 0 Å². The van der Waals surface area contributed by atoms with Gasteiger partial charge < -0.3 is 0 Å². The predicted octanol–water partition coefficient (Wildman–Crippen LogP) is 1.19. The van der Waals surface area contributed by atoms with Gasteiger partial charge in [-0.1, -0.05) is 0 Å². The Morgan fingerprint density at radius 1 is 1.71 bits per heavy atom. The molecule has 7 heavy (non-hydrogen) atoms. The van der Waals surface area contributed by atoms with Gasteiger partial charge in [-0.3, -0.25) is 0 Å². The van der Waals surface area contributed by atoms with Gasteiger partial charge in [0.25, 0.3) is 0 Å². The van der Waals surface area contributed by atoms with E-state index < -0.39 is 0 Å². The standard InChI is InChI=1S/C2H2I2O2.Hg/c3-1(4)2(5)6;/h1H,(H,5,6);/q;+1/p-1. The zero-order valence-electron chi connectivity index (χ0n) is 3.36. The third kappa shape index (κ3) is 4.37. The van der Waals surface area contributed by atoms with Gasteiger partial charge in [-0.25, -0.2) is 0 Å². The fourth-order valence-corrected chi connectivity index (χ4v) is 3.71. The molecule has 0 aliphatic rings. The number of hydrogen-bond donors (Lipinski definition) is 0. The van der Waals surface area contributed by atoms with Crippen LogP contribution >= 0.6 is 45.2 Å². The van der Waals surface area contributed by atoms with E-state index in [0.29, 0.717) is 0 Å². The second kappa shape index (κ2) is 4.72. The minimum absolute atomic E-state index is 0.00676. The molecular formula is C2HHgI2O2. The Balaban J connectivity index is 3.35. The zero-order chi connectivity index (χ0) is 5.86. The fourth-order valence-electron chi connectivity index (χ4n) is 0.0630. The van der Waals surface area contributed by atoms with E-state index >= 15 is 0 Å². The second-order valence-corrected chi connectivity index (χ2v) is 6.76. The van der Waals surface area contributed by atoms with Gasteiger partial charge in [0.15, 0.2) is 0 Å². The summed E-state index contributed by atoms with van der Waals surface area (Å²) >= 11 is 4.19. The van der Waals surface area contributed by atoms with E-state index in [1.807, 2.05) is 45.2 Å². The number of alkyl halides is 2. The molecule has 0 aliphatic heterocycles. The van der Waals surface area contributed by atoms with Crippen molar-refractivity contribution in [2.24, 2.45) is 0 Å². The molecule has 0 heterocycles. The van der Waals surface area contributed by atoms with E-state index in [1.165, 1.54) is 0 Å². The first-order valence-electron chi connectivity index (χ1n) is 1.42. The van der Waals surface area contributed by atoms with Crippen molar-refractivity contribution in [3.05, 3.63) is 0 Å². The molecule has 0 atom stereocenters. The van der Waals surface area contributed by atoms with Gasteiger partial charge in [0.05, 0.1) is 0 Å². The molecule has 0 spiro atoms.